The summed E-state index contributed by atoms with van der Waals surface area (Å²) in [6, 6.07) is 3.14. The quantitative estimate of drug-likeness (QED) is 0.572. The molecule has 0 aliphatic heterocycles. The van der Waals surface area contributed by atoms with E-state index in [2.05, 4.69) is 0 Å². The summed E-state index contributed by atoms with van der Waals surface area (Å²) in [5.74, 6) is -1.37. The molecule has 2 N–H and O–H groups in total. The number of carboxylic acid groups (broad SMARTS) is 1. The Balaban J connectivity index is 3.14. The third-order valence-electron chi connectivity index (χ3n) is 1.82. The fourth-order valence-corrected chi connectivity index (χ4v) is 1.74. The van der Waals surface area contributed by atoms with Gasteiger partial charge in [-0.1, -0.05) is 0 Å². The van der Waals surface area contributed by atoms with E-state index in [0.29, 0.717) is 0 Å². The molecule has 0 bridgehead atoms. The van der Waals surface area contributed by atoms with Gasteiger partial charge in [0.15, 0.2) is 6.61 Å². The summed E-state index contributed by atoms with van der Waals surface area (Å²) in [7, 11) is -3.68. The third kappa shape index (κ3) is 4.79. The van der Waals surface area contributed by atoms with Crippen LogP contribution in [0.2, 0.25) is 0 Å². The Hall–Kier alpha value is -2.36. The number of nitro groups is 1. The Labute approximate surface area is 108 Å². The Kier molecular flexibility index (Phi) is 4.27. The van der Waals surface area contributed by atoms with Crippen LogP contribution in [0.5, 0.6) is 5.75 Å². The van der Waals surface area contributed by atoms with Crippen LogP contribution in [0.15, 0.2) is 18.2 Å². The topological polar surface area (TPSA) is 136 Å². The van der Waals surface area contributed by atoms with Gasteiger partial charge in [-0.3, -0.25) is 14.8 Å². The summed E-state index contributed by atoms with van der Waals surface area (Å²) >= 11 is 0. The summed E-state index contributed by atoms with van der Waals surface area (Å²) < 4.78 is 29.1. The van der Waals surface area contributed by atoms with Gasteiger partial charge in [-0.25, -0.2) is 13.2 Å². The number of carboxylic acids is 1. The van der Waals surface area contributed by atoms with Gasteiger partial charge < -0.3 is 9.84 Å². The van der Waals surface area contributed by atoms with Crippen LogP contribution >= 0.6 is 0 Å². The first-order valence-electron chi connectivity index (χ1n) is 4.80. The van der Waals surface area contributed by atoms with E-state index in [9.17, 15) is 23.3 Å². The van der Waals surface area contributed by atoms with Crippen molar-refractivity contribution in [1.82, 2.24) is 0 Å². The van der Waals surface area contributed by atoms with Crippen LogP contribution in [0.1, 0.15) is 0 Å². The molecule has 0 spiro atoms. The Bertz CT molecular complexity index is 611. The van der Waals surface area contributed by atoms with Crippen molar-refractivity contribution in [1.29, 1.82) is 0 Å². The van der Waals surface area contributed by atoms with Crippen molar-refractivity contribution in [3.05, 3.63) is 28.3 Å². The number of nitrogens with one attached hydrogen (secondary N) is 1. The standard InChI is InChI=1S/C9H10N2O7S/c1-19(16,17)10-7-4-6(11(14)15)2-3-8(7)18-5-9(12)13/h2-4,10H,5H2,1H3,(H,12,13). The van der Waals surface area contributed by atoms with E-state index < -0.39 is 27.5 Å². The molecule has 0 aliphatic rings. The van der Waals surface area contributed by atoms with E-state index in [4.69, 9.17) is 9.84 Å². The van der Waals surface area contributed by atoms with Crippen molar-refractivity contribution in [2.75, 3.05) is 17.6 Å². The van der Waals surface area contributed by atoms with Crippen LogP contribution in [0.4, 0.5) is 11.4 Å². The number of sulfonamides is 1. The van der Waals surface area contributed by atoms with Gasteiger partial charge in [-0.2, -0.15) is 0 Å². The SMILES string of the molecule is CS(=O)(=O)Nc1cc([N+](=O)[O-])ccc1OCC(=O)O. The second-order valence-corrected chi connectivity index (χ2v) is 5.24. The summed E-state index contributed by atoms with van der Waals surface area (Å²) in [4.78, 5) is 20.2. The maximum absolute atomic E-state index is 11.1. The molecule has 0 radical (unpaired) electrons. The molecule has 10 heteroatoms. The first kappa shape index (κ1) is 14.7. The first-order valence-corrected chi connectivity index (χ1v) is 6.69. The Morgan fingerprint density at radius 2 is 2.16 bits per heavy atom. The zero-order valence-corrected chi connectivity index (χ0v) is 10.5. The lowest BCUT2D eigenvalue weighted by molar-refractivity contribution is -0.384. The van der Waals surface area contributed by atoms with Gasteiger partial charge in [-0.15, -0.1) is 0 Å². The van der Waals surface area contributed by atoms with E-state index in [-0.39, 0.29) is 17.1 Å². The van der Waals surface area contributed by atoms with Gasteiger partial charge in [0.05, 0.1) is 16.9 Å². The molecule has 0 unspecified atom stereocenters. The highest BCUT2D eigenvalue weighted by Crippen LogP contribution is 2.29. The predicted octanol–water partition coefficient (Wildman–Crippen LogP) is 0.430. The molecule has 104 valence electrons. The number of ether oxygens (including phenoxy) is 1. The normalized spacial score (nSPS) is 10.8. The van der Waals surface area contributed by atoms with Crippen LogP contribution in [0, 0.1) is 10.1 Å². The van der Waals surface area contributed by atoms with Crippen molar-refractivity contribution in [3.8, 4) is 5.75 Å². The number of hydrogen-bond acceptors (Lipinski definition) is 6. The minimum Gasteiger partial charge on any atom is -0.480 e. The Morgan fingerprint density at radius 3 is 2.63 bits per heavy atom. The first-order chi connectivity index (χ1) is 8.69. The lowest BCUT2D eigenvalue weighted by atomic mass is 10.2. The molecule has 0 atom stereocenters. The summed E-state index contributed by atoms with van der Waals surface area (Å²) in [5.41, 5.74) is -0.549. The second-order valence-electron chi connectivity index (χ2n) is 3.49. The molecule has 1 rings (SSSR count). The number of hydrogen-bond donors (Lipinski definition) is 2. The number of anilines is 1. The third-order valence-corrected chi connectivity index (χ3v) is 2.41. The smallest absolute Gasteiger partial charge is 0.341 e. The second kappa shape index (κ2) is 5.52. The average Bonchev–Trinajstić information content (AvgIpc) is 2.24. The number of aliphatic carboxylic acids is 1. The molecule has 0 saturated carbocycles. The Morgan fingerprint density at radius 1 is 1.53 bits per heavy atom. The highest BCUT2D eigenvalue weighted by atomic mass is 32.2. The molecule has 0 aromatic heterocycles. The van der Waals surface area contributed by atoms with E-state index in [0.717, 1.165) is 24.5 Å². The molecular formula is C9H10N2O7S. The van der Waals surface area contributed by atoms with Crippen molar-refractivity contribution in [2.45, 2.75) is 0 Å². The van der Waals surface area contributed by atoms with Crippen LogP contribution in [-0.4, -0.2) is 37.3 Å². The highest BCUT2D eigenvalue weighted by molar-refractivity contribution is 7.92. The van der Waals surface area contributed by atoms with Crippen molar-refractivity contribution >= 4 is 27.4 Å². The van der Waals surface area contributed by atoms with Gasteiger partial charge in [-0.05, 0) is 6.07 Å². The maximum Gasteiger partial charge on any atom is 0.341 e. The number of nitrogens with zero attached hydrogens (tertiary/aromatic N) is 1. The van der Waals surface area contributed by atoms with Gasteiger partial charge in [0.25, 0.3) is 5.69 Å². The molecule has 19 heavy (non-hydrogen) atoms. The summed E-state index contributed by atoms with van der Waals surface area (Å²) in [6.07, 6.45) is 0.854. The van der Waals surface area contributed by atoms with E-state index in [1.807, 2.05) is 4.72 Å². The predicted molar refractivity (Wildman–Crippen MR) is 64.7 cm³/mol. The van der Waals surface area contributed by atoms with Gasteiger partial charge >= 0.3 is 5.97 Å². The molecule has 1 aromatic carbocycles. The number of benzene rings is 1. The van der Waals surface area contributed by atoms with Crippen LogP contribution in [0.25, 0.3) is 0 Å². The molecule has 0 aliphatic carbocycles. The fraction of sp³-hybridized carbons (Fsp3) is 0.222. The van der Waals surface area contributed by atoms with Gasteiger partial charge in [0.1, 0.15) is 5.75 Å². The number of carbonyl (C=O) groups is 1. The largest absolute Gasteiger partial charge is 0.480 e. The number of rotatable bonds is 6. The molecule has 9 nitrogen and oxygen atoms in total. The zero-order chi connectivity index (χ0) is 14.6. The molecule has 0 saturated heterocycles. The summed E-state index contributed by atoms with van der Waals surface area (Å²) in [6.45, 7) is -0.698. The summed E-state index contributed by atoms with van der Waals surface area (Å²) in [5, 5.41) is 19.1. The number of non-ortho nitro benzene ring substituents is 1. The molecule has 1 aromatic rings. The van der Waals surface area contributed by atoms with Crippen molar-refractivity contribution in [2.24, 2.45) is 0 Å². The van der Waals surface area contributed by atoms with Crippen molar-refractivity contribution < 1.29 is 28.0 Å². The van der Waals surface area contributed by atoms with Gasteiger partial charge in [0, 0.05) is 12.1 Å². The minimum absolute atomic E-state index is 0.113. The molecule has 0 amide bonds. The van der Waals surface area contributed by atoms with Crippen LogP contribution < -0.4 is 9.46 Å². The zero-order valence-electron chi connectivity index (χ0n) is 9.69. The van der Waals surface area contributed by atoms with E-state index in [1.54, 1.807) is 0 Å². The number of nitro benzene ring substituents is 1. The lowest BCUT2D eigenvalue weighted by Crippen LogP contribution is -2.14. The lowest BCUT2D eigenvalue weighted by Gasteiger charge is -2.10. The van der Waals surface area contributed by atoms with Crippen molar-refractivity contribution in [3.63, 3.8) is 0 Å². The molecular weight excluding hydrogens is 280 g/mol. The monoisotopic (exact) mass is 290 g/mol. The average molecular weight is 290 g/mol. The highest BCUT2D eigenvalue weighted by Gasteiger charge is 2.15. The van der Waals surface area contributed by atoms with Crippen LogP contribution in [0.3, 0.4) is 0 Å². The minimum atomic E-state index is -3.68. The fourth-order valence-electron chi connectivity index (χ4n) is 1.18. The van der Waals surface area contributed by atoms with Gasteiger partial charge in [0.2, 0.25) is 10.0 Å². The van der Waals surface area contributed by atoms with E-state index in [1.165, 1.54) is 0 Å². The molecule has 0 heterocycles. The van der Waals surface area contributed by atoms with Crippen LogP contribution in [-0.2, 0) is 14.8 Å². The molecule has 0 fully saturated rings. The maximum atomic E-state index is 11.1. The van der Waals surface area contributed by atoms with E-state index >= 15 is 0 Å².